The van der Waals surface area contributed by atoms with Crippen LogP contribution in [0.5, 0.6) is 0 Å². The fourth-order valence-corrected chi connectivity index (χ4v) is 2.99. The van der Waals surface area contributed by atoms with Gasteiger partial charge in [0.15, 0.2) is 0 Å². The third-order valence-corrected chi connectivity index (χ3v) is 4.42. The first-order valence-corrected chi connectivity index (χ1v) is 8.72. The van der Waals surface area contributed by atoms with Gasteiger partial charge < -0.3 is 11.1 Å². The molecule has 2 amide bonds. The van der Waals surface area contributed by atoms with Gasteiger partial charge in [0.25, 0.3) is 0 Å². The molecule has 0 bridgehead atoms. The third-order valence-electron chi connectivity index (χ3n) is 4.42. The molecule has 0 aliphatic heterocycles. The van der Waals surface area contributed by atoms with Crippen molar-refractivity contribution in [3.8, 4) is 0 Å². The first-order chi connectivity index (χ1) is 12.6. The zero-order valence-electron chi connectivity index (χ0n) is 14.5. The third kappa shape index (κ3) is 4.70. The molecule has 0 saturated heterocycles. The Hall–Kier alpha value is -3.14. The molecule has 0 aliphatic carbocycles. The minimum Gasteiger partial charge on any atom is -0.368 e. The maximum absolute atomic E-state index is 12.3. The fourth-order valence-electron chi connectivity index (χ4n) is 2.99. The van der Waals surface area contributed by atoms with Crippen molar-refractivity contribution >= 4 is 22.6 Å². The average Bonchev–Trinajstić information content (AvgIpc) is 2.66. The molecular weight excluding hydrogens is 324 g/mol. The molecule has 0 spiro atoms. The minimum absolute atomic E-state index is 0.169. The highest BCUT2D eigenvalue weighted by molar-refractivity contribution is 5.87. The van der Waals surface area contributed by atoms with E-state index in [0.717, 1.165) is 16.5 Å². The predicted octanol–water partition coefficient (Wildman–Crippen LogP) is 2.99. The van der Waals surface area contributed by atoms with E-state index in [4.69, 9.17) is 5.73 Å². The highest BCUT2D eigenvalue weighted by Gasteiger charge is 2.18. The second-order valence-electron chi connectivity index (χ2n) is 6.39. The van der Waals surface area contributed by atoms with Gasteiger partial charge in [-0.1, -0.05) is 72.8 Å². The van der Waals surface area contributed by atoms with Crippen molar-refractivity contribution in [3.05, 3.63) is 83.9 Å². The van der Waals surface area contributed by atoms with E-state index in [1.165, 1.54) is 5.39 Å². The number of benzene rings is 3. The van der Waals surface area contributed by atoms with Gasteiger partial charge in [0.05, 0.1) is 0 Å². The maximum atomic E-state index is 12.3. The topological polar surface area (TPSA) is 72.2 Å². The summed E-state index contributed by atoms with van der Waals surface area (Å²) < 4.78 is 0. The Morgan fingerprint density at radius 2 is 1.54 bits per heavy atom. The summed E-state index contributed by atoms with van der Waals surface area (Å²) in [7, 11) is 0. The van der Waals surface area contributed by atoms with E-state index in [9.17, 15) is 9.59 Å². The first kappa shape index (κ1) is 17.7. The number of fused-ring (bicyclic) bond motifs is 1. The monoisotopic (exact) mass is 346 g/mol. The number of hydrogen-bond donors (Lipinski definition) is 2. The fraction of sp³-hybridized carbons (Fsp3) is 0.182. The number of primary amides is 1. The molecule has 3 rings (SSSR count). The summed E-state index contributed by atoms with van der Waals surface area (Å²) >= 11 is 0. The number of carbonyl (C=O) groups is 2. The molecule has 0 radical (unpaired) electrons. The van der Waals surface area contributed by atoms with Crippen molar-refractivity contribution in [1.29, 1.82) is 0 Å². The SMILES string of the molecule is NC(=O)[C@@H](Cc1ccccc1)NC(=O)CCc1ccc2ccccc2c1. The van der Waals surface area contributed by atoms with E-state index in [-0.39, 0.29) is 5.91 Å². The van der Waals surface area contributed by atoms with Crippen molar-refractivity contribution < 1.29 is 9.59 Å². The number of aryl methyl sites for hydroxylation is 1. The lowest BCUT2D eigenvalue weighted by Crippen LogP contribution is -2.45. The molecule has 3 aromatic rings. The summed E-state index contributed by atoms with van der Waals surface area (Å²) in [6, 6.07) is 23.2. The van der Waals surface area contributed by atoms with Crippen LogP contribution in [0.3, 0.4) is 0 Å². The largest absolute Gasteiger partial charge is 0.368 e. The highest BCUT2D eigenvalue weighted by Crippen LogP contribution is 2.16. The molecule has 1 atom stereocenters. The van der Waals surface area contributed by atoms with Crippen molar-refractivity contribution in [2.75, 3.05) is 0 Å². The zero-order valence-corrected chi connectivity index (χ0v) is 14.5. The standard InChI is InChI=1S/C22H22N2O2/c23-22(26)20(15-16-6-2-1-3-7-16)24-21(25)13-11-17-10-12-18-8-4-5-9-19(18)14-17/h1-10,12,14,20H,11,13,15H2,(H2,23,26)(H,24,25)/t20-/m1/s1. The summed E-state index contributed by atoms with van der Waals surface area (Å²) in [5, 5.41) is 5.09. The Morgan fingerprint density at radius 1 is 0.846 bits per heavy atom. The summed E-state index contributed by atoms with van der Waals surface area (Å²) in [5.74, 6) is -0.689. The van der Waals surface area contributed by atoms with Crippen LogP contribution < -0.4 is 11.1 Å². The number of rotatable bonds is 7. The van der Waals surface area contributed by atoms with Crippen LogP contribution in [0.15, 0.2) is 72.8 Å². The van der Waals surface area contributed by atoms with Gasteiger partial charge in [-0.2, -0.15) is 0 Å². The molecule has 4 nitrogen and oxygen atoms in total. The lowest BCUT2D eigenvalue weighted by molar-refractivity contribution is -0.127. The van der Waals surface area contributed by atoms with Crippen LogP contribution in [0.25, 0.3) is 10.8 Å². The van der Waals surface area contributed by atoms with Crippen LogP contribution in [-0.2, 0) is 22.4 Å². The molecule has 0 fully saturated rings. The Kier molecular flexibility index (Phi) is 5.64. The molecule has 0 aliphatic rings. The van der Waals surface area contributed by atoms with Gasteiger partial charge in [0, 0.05) is 12.8 Å². The number of amides is 2. The number of nitrogens with one attached hydrogen (secondary N) is 1. The van der Waals surface area contributed by atoms with Crippen molar-refractivity contribution in [2.45, 2.75) is 25.3 Å². The van der Waals surface area contributed by atoms with Crippen molar-refractivity contribution in [1.82, 2.24) is 5.32 Å². The quantitative estimate of drug-likeness (QED) is 0.690. The number of nitrogens with two attached hydrogens (primary N) is 1. The van der Waals surface area contributed by atoms with E-state index in [0.29, 0.717) is 19.3 Å². The van der Waals surface area contributed by atoms with Gasteiger partial charge in [-0.25, -0.2) is 0 Å². The van der Waals surface area contributed by atoms with Crippen molar-refractivity contribution in [3.63, 3.8) is 0 Å². The second-order valence-corrected chi connectivity index (χ2v) is 6.39. The lowest BCUT2D eigenvalue weighted by Gasteiger charge is -2.15. The van der Waals surface area contributed by atoms with Gasteiger partial charge in [0.2, 0.25) is 11.8 Å². The van der Waals surface area contributed by atoms with Crippen LogP contribution in [0.1, 0.15) is 17.5 Å². The number of hydrogen-bond acceptors (Lipinski definition) is 2. The first-order valence-electron chi connectivity index (χ1n) is 8.72. The van der Waals surface area contributed by atoms with E-state index in [2.05, 4.69) is 29.6 Å². The molecule has 3 N–H and O–H groups in total. The van der Waals surface area contributed by atoms with Crippen LogP contribution in [0, 0.1) is 0 Å². The number of carbonyl (C=O) groups excluding carboxylic acids is 2. The van der Waals surface area contributed by atoms with Gasteiger partial charge in [-0.15, -0.1) is 0 Å². The Morgan fingerprint density at radius 3 is 2.27 bits per heavy atom. The Bertz CT molecular complexity index is 906. The molecule has 4 heteroatoms. The second kappa shape index (κ2) is 8.30. The van der Waals surface area contributed by atoms with Crippen LogP contribution in [-0.4, -0.2) is 17.9 Å². The van der Waals surface area contributed by atoms with E-state index in [1.54, 1.807) is 0 Å². The lowest BCUT2D eigenvalue weighted by atomic mass is 10.0. The van der Waals surface area contributed by atoms with Gasteiger partial charge in [-0.3, -0.25) is 9.59 Å². The molecular formula is C22H22N2O2. The smallest absolute Gasteiger partial charge is 0.240 e. The van der Waals surface area contributed by atoms with Gasteiger partial charge in [0.1, 0.15) is 6.04 Å². The molecule has 0 saturated carbocycles. The zero-order chi connectivity index (χ0) is 18.4. The van der Waals surface area contributed by atoms with Crippen molar-refractivity contribution in [2.24, 2.45) is 5.73 Å². The van der Waals surface area contributed by atoms with E-state index < -0.39 is 11.9 Å². The molecule has 132 valence electrons. The maximum Gasteiger partial charge on any atom is 0.240 e. The summed E-state index contributed by atoms with van der Waals surface area (Å²) in [6.07, 6.45) is 1.34. The van der Waals surface area contributed by atoms with Crippen LogP contribution in [0.4, 0.5) is 0 Å². The molecule has 0 heterocycles. The van der Waals surface area contributed by atoms with Gasteiger partial charge in [-0.05, 0) is 28.3 Å². The van der Waals surface area contributed by atoms with E-state index in [1.807, 2.05) is 48.5 Å². The molecule has 0 aromatic heterocycles. The normalized spacial score (nSPS) is 11.8. The van der Waals surface area contributed by atoms with E-state index >= 15 is 0 Å². The van der Waals surface area contributed by atoms with Crippen LogP contribution in [0.2, 0.25) is 0 Å². The van der Waals surface area contributed by atoms with Gasteiger partial charge >= 0.3 is 0 Å². The summed E-state index contributed by atoms with van der Waals surface area (Å²) in [5.41, 5.74) is 7.51. The molecule has 26 heavy (non-hydrogen) atoms. The summed E-state index contributed by atoms with van der Waals surface area (Å²) in [6.45, 7) is 0. The molecule has 0 unspecified atom stereocenters. The van der Waals surface area contributed by atoms with Crippen LogP contribution >= 0.6 is 0 Å². The minimum atomic E-state index is -0.693. The average molecular weight is 346 g/mol. The Balaban J connectivity index is 1.58. The Labute approximate surface area is 153 Å². The molecule has 3 aromatic carbocycles. The highest BCUT2D eigenvalue weighted by atomic mass is 16.2. The predicted molar refractivity (Wildman–Crippen MR) is 104 cm³/mol. The summed E-state index contributed by atoms with van der Waals surface area (Å²) in [4.78, 5) is 23.9.